The molecule has 3 rings (SSSR count). The van der Waals surface area contributed by atoms with Gasteiger partial charge in [0.05, 0.1) is 18.8 Å². The first kappa shape index (κ1) is 25.7. The van der Waals surface area contributed by atoms with Crippen molar-refractivity contribution in [1.82, 2.24) is 20.4 Å². The number of nitrogens with zero attached hydrogens (tertiary/aromatic N) is 3. The molecule has 1 aromatic heterocycles. The predicted molar refractivity (Wildman–Crippen MR) is 139 cm³/mol. The number of aromatic nitrogens is 2. The van der Waals surface area contributed by atoms with Crippen LogP contribution < -0.4 is 15.4 Å². The Morgan fingerprint density at radius 2 is 1.91 bits per heavy atom. The van der Waals surface area contributed by atoms with Crippen LogP contribution in [0, 0.1) is 6.92 Å². The molecular weight excluding hydrogens is 517 g/mol. The van der Waals surface area contributed by atoms with Crippen LogP contribution in [0.4, 0.5) is 0 Å². The quantitative estimate of drug-likeness (QED) is 0.173. The summed E-state index contributed by atoms with van der Waals surface area (Å²) in [7, 11) is 1.67. The standard InChI is InChI=1S/C24H31N5O2.HI/c1-4-25-24(26-17-20-7-10-22(11-8-20)29-13-5-12-28-29)27-18-21-9-6-19(2)16-23(21)31-15-14-30-3;/h5-13,16H,4,14-15,17-18H2,1-3H3,(H2,25,26,27);1H. The van der Waals surface area contributed by atoms with Gasteiger partial charge in [0.2, 0.25) is 0 Å². The number of aliphatic imine (C=N–C) groups is 1. The summed E-state index contributed by atoms with van der Waals surface area (Å²) in [6.07, 6.45) is 3.70. The lowest BCUT2D eigenvalue weighted by atomic mass is 10.1. The summed E-state index contributed by atoms with van der Waals surface area (Å²) in [6, 6.07) is 16.4. The number of methoxy groups -OCH3 is 1. The van der Waals surface area contributed by atoms with E-state index in [9.17, 15) is 0 Å². The number of hydrogen-bond acceptors (Lipinski definition) is 4. The number of benzene rings is 2. The molecule has 32 heavy (non-hydrogen) atoms. The molecule has 0 radical (unpaired) electrons. The molecule has 7 nitrogen and oxygen atoms in total. The molecule has 172 valence electrons. The number of halogens is 1. The van der Waals surface area contributed by atoms with Crippen molar-refractivity contribution in [3.63, 3.8) is 0 Å². The molecule has 1 heterocycles. The molecule has 0 fully saturated rings. The predicted octanol–water partition coefficient (Wildman–Crippen LogP) is 4.08. The van der Waals surface area contributed by atoms with Gasteiger partial charge in [0.15, 0.2) is 5.96 Å². The number of aryl methyl sites for hydroxylation is 1. The largest absolute Gasteiger partial charge is 0.491 e. The Morgan fingerprint density at radius 3 is 2.59 bits per heavy atom. The molecule has 0 amide bonds. The average Bonchev–Trinajstić information content (AvgIpc) is 3.32. The van der Waals surface area contributed by atoms with Crippen molar-refractivity contribution >= 4 is 29.9 Å². The second kappa shape index (κ2) is 13.7. The first-order chi connectivity index (χ1) is 15.2. The number of hydrogen-bond donors (Lipinski definition) is 2. The summed E-state index contributed by atoms with van der Waals surface area (Å²) in [6.45, 7) is 7.19. The van der Waals surface area contributed by atoms with Crippen molar-refractivity contribution in [3.8, 4) is 11.4 Å². The minimum absolute atomic E-state index is 0. The van der Waals surface area contributed by atoms with E-state index >= 15 is 0 Å². The third-order valence-corrected chi connectivity index (χ3v) is 4.68. The Hall–Kier alpha value is -2.59. The maximum Gasteiger partial charge on any atom is 0.191 e. The van der Waals surface area contributed by atoms with Crippen LogP contribution in [0.5, 0.6) is 5.75 Å². The molecule has 0 bridgehead atoms. The number of guanidine groups is 1. The summed E-state index contributed by atoms with van der Waals surface area (Å²) in [4.78, 5) is 4.73. The third-order valence-electron chi connectivity index (χ3n) is 4.68. The molecular formula is C24H32IN5O2. The Kier molecular flexibility index (Phi) is 11.0. The molecule has 0 saturated carbocycles. The maximum absolute atomic E-state index is 5.89. The highest BCUT2D eigenvalue weighted by molar-refractivity contribution is 14.0. The van der Waals surface area contributed by atoms with Gasteiger partial charge in [-0.3, -0.25) is 0 Å². The van der Waals surface area contributed by atoms with Crippen LogP contribution >= 0.6 is 24.0 Å². The molecule has 0 aliphatic heterocycles. The number of nitrogens with one attached hydrogen (secondary N) is 2. The zero-order valence-electron chi connectivity index (χ0n) is 18.9. The first-order valence-corrected chi connectivity index (χ1v) is 10.5. The van der Waals surface area contributed by atoms with Crippen LogP contribution in [0.3, 0.4) is 0 Å². The van der Waals surface area contributed by atoms with Gasteiger partial charge in [0, 0.05) is 38.2 Å². The fraction of sp³-hybridized carbons (Fsp3) is 0.333. The van der Waals surface area contributed by atoms with Gasteiger partial charge in [-0.15, -0.1) is 24.0 Å². The van der Waals surface area contributed by atoms with E-state index in [1.54, 1.807) is 13.3 Å². The molecule has 0 unspecified atom stereocenters. The summed E-state index contributed by atoms with van der Waals surface area (Å²) in [5.74, 6) is 1.64. The Bertz CT molecular complexity index is 959. The molecule has 0 aliphatic carbocycles. The van der Waals surface area contributed by atoms with Gasteiger partial charge in [-0.25, -0.2) is 9.67 Å². The van der Waals surface area contributed by atoms with Crippen LogP contribution in [-0.2, 0) is 17.8 Å². The van der Waals surface area contributed by atoms with Crippen molar-refractivity contribution in [2.45, 2.75) is 26.9 Å². The topological polar surface area (TPSA) is 72.7 Å². The van der Waals surface area contributed by atoms with Gasteiger partial charge in [0.1, 0.15) is 12.4 Å². The number of rotatable bonds is 10. The van der Waals surface area contributed by atoms with E-state index < -0.39 is 0 Å². The minimum atomic E-state index is 0. The van der Waals surface area contributed by atoms with E-state index in [1.807, 2.05) is 29.1 Å². The van der Waals surface area contributed by atoms with Gasteiger partial charge in [-0.1, -0.05) is 24.3 Å². The molecule has 0 saturated heterocycles. The van der Waals surface area contributed by atoms with Crippen LogP contribution in [0.1, 0.15) is 23.6 Å². The van der Waals surface area contributed by atoms with Crippen molar-refractivity contribution in [1.29, 1.82) is 0 Å². The Morgan fingerprint density at radius 1 is 1.09 bits per heavy atom. The lowest BCUT2D eigenvalue weighted by molar-refractivity contribution is 0.145. The second-order valence-corrected chi connectivity index (χ2v) is 7.12. The van der Waals surface area contributed by atoms with Gasteiger partial charge in [-0.05, 0) is 49.2 Å². The van der Waals surface area contributed by atoms with Crippen molar-refractivity contribution in [2.24, 2.45) is 4.99 Å². The van der Waals surface area contributed by atoms with Gasteiger partial charge < -0.3 is 20.1 Å². The Labute approximate surface area is 207 Å². The molecule has 2 N–H and O–H groups in total. The highest BCUT2D eigenvalue weighted by Gasteiger charge is 2.06. The zero-order chi connectivity index (χ0) is 21.9. The van der Waals surface area contributed by atoms with E-state index in [2.05, 4.69) is 59.9 Å². The van der Waals surface area contributed by atoms with Crippen LogP contribution in [0.25, 0.3) is 5.69 Å². The lowest BCUT2D eigenvalue weighted by Gasteiger charge is -2.15. The smallest absolute Gasteiger partial charge is 0.191 e. The van der Waals surface area contributed by atoms with E-state index in [0.29, 0.717) is 26.3 Å². The van der Waals surface area contributed by atoms with Crippen LogP contribution in [0.2, 0.25) is 0 Å². The Balaban J connectivity index is 0.00000363. The van der Waals surface area contributed by atoms with Crippen molar-refractivity contribution in [3.05, 3.63) is 77.6 Å². The van der Waals surface area contributed by atoms with Crippen LogP contribution in [-0.4, -0.2) is 42.6 Å². The normalized spacial score (nSPS) is 11.0. The average molecular weight is 549 g/mol. The van der Waals surface area contributed by atoms with E-state index in [1.165, 1.54) is 0 Å². The monoisotopic (exact) mass is 549 g/mol. The second-order valence-electron chi connectivity index (χ2n) is 7.12. The van der Waals surface area contributed by atoms with Crippen LogP contribution in [0.15, 0.2) is 65.9 Å². The lowest BCUT2D eigenvalue weighted by Crippen LogP contribution is -2.36. The fourth-order valence-corrected chi connectivity index (χ4v) is 3.04. The summed E-state index contributed by atoms with van der Waals surface area (Å²) in [5, 5.41) is 11.0. The first-order valence-electron chi connectivity index (χ1n) is 10.5. The highest BCUT2D eigenvalue weighted by Crippen LogP contribution is 2.20. The number of ether oxygens (including phenoxy) is 2. The van der Waals surface area contributed by atoms with E-state index in [0.717, 1.165) is 40.6 Å². The summed E-state index contributed by atoms with van der Waals surface area (Å²) >= 11 is 0. The minimum Gasteiger partial charge on any atom is -0.491 e. The van der Waals surface area contributed by atoms with Crippen molar-refractivity contribution in [2.75, 3.05) is 26.9 Å². The van der Waals surface area contributed by atoms with E-state index in [-0.39, 0.29) is 24.0 Å². The van der Waals surface area contributed by atoms with Gasteiger partial charge in [0.25, 0.3) is 0 Å². The molecule has 3 aromatic rings. The molecule has 2 aromatic carbocycles. The molecule has 0 aliphatic rings. The maximum atomic E-state index is 5.89. The van der Waals surface area contributed by atoms with Gasteiger partial charge in [-0.2, -0.15) is 5.10 Å². The van der Waals surface area contributed by atoms with Crippen molar-refractivity contribution < 1.29 is 9.47 Å². The van der Waals surface area contributed by atoms with E-state index in [4.69, 9.17) is 14.5 Å². The third kappa shape index (κ3) is 7.83. The summed E-state index contributed by atoms with van der Waals surface area (Å²) in [5.41, 5.74) is 4.40. The summed E-state index contributed by atoms with van der Waals surface area (Å²) < 4.78 is 12.8. The SMILES string of the molecule is CCNC(=NCc1ccc(-n2cccn2)cc1)NCc1ccc(C)cc1OCCOC.I. The molecule has 8 heteroatoms. The zero-order valence-corrected chi connectivity index (χ0v) is 21.2. The fourth-order valence-electron chi connectivity index (χ4n) is 3.04. The molecule has 0 atom stereocenters. The highest BCUT2D eigenvalue weighted by atomic mass is 127. The molecule has 0 spiro atoms. The van der Waals surface area contributed by atoms with Gasteiger partial charge >= 0.3 is 0 Å².